The Kier molecular flexibility index (Phi) is 7.72. The Labute approximate surface area is 272 Å². The second-order valence-corrected chi connectivity index (χ2v) is 14.9. The number of hydrogen-bond acceptors (Lipinski definition) is 3. The molecule has 0 bridgehead atoms. The molecule has 1 N–H and O–H groups in total. The normalized spacial score (nSPS) is 23.5. The maximum absolute atomic E-state index is 6.46. The van der Waals surface area contributed by atoms with Crippen LogP contribution in [0.1, 0.15) is 85.8 Å². The van der Waals surface area contributed by atoms with Crippen LogP contribution in [0.5, 0.6) is 0 Å². The van der Waals surface area contributed by atoms with Gasteiger partial charge in [-0.3, -0.25) is 0 Å². The van der Waals surface area contributed by atoms with Gasteiger partial charge in [0.25, 0.3) is 0 Å². The minimum absolute atomic E-state index is 0.0990. The molecule has 0 radical (unpaired) electrons. The lowest BCUT2D eigenvalue weighted by molar-refractivity contribution is -0.752. The molecule has 7 rings (SSSR count). The fourth-order valence-electron chi connectivity index (χ4n) is 8.46. The van der Waals surface area contributed by atoms with Crippen LogP contribution in [0, 0.1) is 24.7 Å². The van der Waals surface area contributed by atoms with E-state index in [1.54, 1.807) is 10.4 Å². The van der Waals surface area contributed by atoms with Crippen molar-refractivity contribution in [1.29, 1.82) is 0 Å². The third kappa shape index (κ3) is 4.77. The number of benzene rings is 1. The van der Waals surface area contributed by atoms with Gasteiger partial charge in [0.05, 0.1) is 22.4 Å². The SMILES string of the molecule is C=CC1C(C2[C@@H]([C@@H](C)C(C)C)/C(=C(\C)OC(=C)NC)c3cc4sc5c(c4c[n+]32)CCCC5)c2ccccc2-c2ccc(C)c[n+]21. The molecule has 4 nitrogen and oxygen atoms in total. The van der Waals surface area contributed by atoms with E-state index in [4.69, 9.17) is 4.74 Å². The zero-order valence-electron chi connectivity index (χ0n) is 27.7. The lowest BCUT2D eigenvalue weighted by atomic mass is 9.68. The summed E-state index contributed by atoms with van der Waals surface area (Å²) in [6.07, 6.45) is 12.0. The molecule has 3 aromatic heterocycles. The van der Waals surface area contributed by atoms with Crippen molar-refractivity contribution in [2.24, 2.45) is 17.8 Å². The van der Waals surface area contributed by atoms with Gasteiger partial charge in [0.2, 0.25) is 11.4 Å². The van der Waals surface area contributed by atoms with E-state index in [1.165, 1.54) is 69.4 Å². The Morgan fingerprint density at radius 1 is 1.04 bits per heavy atom. The van der Waals surface area contributed by atoms with Crippen molar-refractivity contribution in [3.05, 3.63) is 113 Å². The summed E-state index contributed by atoms with van der Waals surface area (Å²) in [6.45, 7) is 20.2. The van der Waals surface area contributed by atoms with Crippen molar-refractivity contribution in [3.8, 4) is 11.3 Å². The number of ether oxygens (including phenoxy) is 1. The van der Waals surface area contributed by atoms with Gasteiger partial charge in [0, 0.05) is 34.3 Å². The van der Waals surface area contributed by atoms with Gasteiger partial charge in [-0.15, -0.1) is 11.3 Å². The number of aryl methyl sites for hydroxylation is 3. The van der Waals surface area contributed by atoms with Crippen LogP contribution in [-0.2, 0) is 17.6 Å². The third-order valence-corrected chi connectivity index (χ3v) is 12.2. The third-order valence-electron chi connectivity index (χ3n) is 10.9. The van der Waals surface area contributed by atoms with Crippen LogP contribution in [0.15, 0.2) is 85.7 Å². The Morgan fingerprint density at radius 3 is 2.58 bits per heavy atom. The molecule has 1 aromatic carbocycles. The highest BCUT2D eigenvalue weighted by Gasteiger charge is 2.58. The molecule has 0 spiro atoms. The largest absolute Gasteiger partial charge is 0.446 e. The van der Waals surface area contributed by atoms with E-state index < -0.39 is 0 Å². The summed E-state index contributed by atoms with van der Waals surface area (Å²) in [5, 5.41) is 4.57. The van der Waals surface area contributed by atoms with Crippen molar-refractivity contribution >= 4 is 27.0 Å². The van der Waals surface area contributed by atoms with E-state index in [0.717, 1.165) is 5.76 Å². The Balaban J connectivity index is 1.55. The molecule has 1 aliphatic carbocycles. The molecule has 3 aliphatic rings. The van der Waals surface area contributed by atoms with E-state index >= 15 is 0 Å². The summed E-state index contributed by atoms with van der Waals surface area (Å²) in [7, 11) is 1.87. The molecular formula is C40H47N3OS+2. The Morgan fingerprint density at radius 2 is 1.82 bits per heavy atom. The van der Waals surface area contributed by atoms with E-state index in [2.05, 4.69) is 123 Å². The van der Waals surface area contributed by atoms with Gasteiger partial charge >= 0.3 is 0 Å². The van der Waals surface area contributed by atoms with Crippen LogP contribution >= 0.6 is 11.3 Å². The number of aromatic nitrogens is 2. The second-order valence-electron chi connectivity index (χ2n) is 13.8. The van der Waals surface area contributed by atoms with Crippen LogP contribution in [0.4, 0.5) is 0 Å². The first-order chi connectivity index (χ1) is 21.7. The summed E-state index contributed by atoms with van der Waals surface area (Å²) in [5.41, 5.74) is 9.42. The van der Waals surface area contributed by atoms with Crippen LogP contribution < -0.4 is 14.5 Å². The first-order valence-corrected chi connectivity index (χ1v) is 17.5. The predicted molar refractivity (Wildman–Crippen MR) is 186 cm³/mol. The minimum atomic E-state index is 0.0990. The summed E-state index contributed by atoms with van der Waals surface area (Å²) in [4.78, 5) is 1.58. The zero-order valence-corrected chi connectivity index (χ0v) is 28.5. The van der Waals surface area contributed by atoms with Crippen LogP contribution in [0.3, 0.4) is 0 Å². The molecule has 2 aliphatic heterocycles. The number of hydrogen-bond donors (Lipinski definition) is 1. The van der Waals surface area contributed by atoms with E-state index in [9.17, 15) is 0 Å². The second kappa shape index (κ2) is 11.6. The van der Waals surface area contributed by atoms with Gasteiger partial charge in [-0.05, 0) is 87.3 Å². The number of thiophene rings is 1. The molecule has 0 saturated heterocycles. The lowest BCUT2D eigenvalue weighted by Crippen LogP contribution is -2.54. The fraction of sp³-hybridized carbons (Fsp3) is 0.400. The average molecular weight is 618 g/mol. The number of fused-ring (bicyclic) bond motifs is 7. The average Bonchev–Trinajstić information content (AvgIpc) is 3.57. The highest BCUT2D eigenvalue weighted by atomic mass is 32.1. The van der Waals surface area contributed by atoms with Gasteiger partial charge in [0.1, 0.15) is 11.7 Å². The van der Waals surface area contributed by atoms with Gasteiger partial charge in [-0.2, -0.15) is 9.13 Å². The first kappa shape index (κ1) is 30.0. The molecule has 45 heavy (non-hydrogen) atoms. The van der Waals surface area contributed by atoms with E-state index in [1.807, 2.05) is 18.4 Å². The fourth-order valence-corrected chi connectivity index (χ4v) is 9.77. The highest BCUT2D eigenvalue weighted by Crippen LogP contribution is 2.55. The Bertz CT molecular complexity index is 1860. The maximum Gasteiger partial charge on any atom is 0.214 e. The summed E-state index contributed by atoms with van der Waals surface area (Å²) in [6, 6.07) is 16.4. The van der Waals surface area contributed by atoms with Crippen molar-refractivity contribution in [2.75, 3.05) is 7.05 Å². The van der Waals surface area contributed by atoms with Gasteiger partial charge in [-0.1, -0.05) is 45.5 Å². The van der Waals surface area contributed by atoms with Crippen molar-refractivity contribution in [1.82, 2.24) is 5.32 Å². The monoisotopic (exact) mass is 617 g/mol. The van der Waals surface area contributed by atoms with Crippen molar-refractivity contribution in [3.63, 3.8) is 0 Å². The lowest BCUT2D eigenvalue weighted by Gasteiger charge is -2.35. The number of pyridine rings is 2. The van der Waals surface area contributed by atoms with Gasteiger partial charge < -0.3 is 10.1 Å². The zero-order chi connectivity index (χ0) is 31.6. The molecule has 5 heterocycles. The Hall–Kier alpha value is -3.70. The number of nitrogens with one attached hydrogen (secondary N) is 1. The van der Waals surface area contributed by atoms with Gasteiger partial charge in [-0.25, -0.2) is 0 Å². The van der Waals surface area contributed by atoms with Crippen molar-refractivity contribution < 1.29 is 13.9 Å². The van der Waals surface area contributed by atoms with Crippen LogP contribution in [-0.4, -0.2) is 7.05 Å². The highest BCUT2D eigenvalue weighted by molar-refractivity contribution is 7.19. The number of allylic oxidation sites excluding steroid dienone is 3. The smallest absolute Gasteiger partial charge is 0.214 e. The molecular weight excluding hydrogens is 571 g/mol. The summed E-state index contributed by atoms with van der Waals surface area (Å²) in [5.74, 6) is 2.81. The molecule has 4 aromatic rings. The molecule has 232 valence electrons. The van der Waals surface area contributed by atoms with Crippen LogP contribution in [0.2, 0.25) is 0 Å². The summed E-state index contributed by atoms with van der Waals surface area (Å²) >= 11 is 2.01. The van der Waals surface area contributed by atoms with E-state index in [-0.39, 0.29) is 23.9 Å². The number of rotatable bonds is 7. The number of nitrogens with zero attached hydrogens (tertiary/aromatic N) is 2. The summed E-state index contributed by atoms with van der Waals surface area (Å²) < 4.78 is 13.0. The van der Waals surface area contributed by atoms with Crippen molar-refractivity contribution in [2.45, 2.75) is 78.3 Å². The quantitative estimate of drug-likeness (QED) is 0.128. The molecule has 0 saturated carbocycles. The predicted octanol–water partition coefficient (Wildman–Crippen LogP) is 8.76. The standard InChI is InChI=1S/C40H47N3OS/c1-9-32-39(30-16-11-10-14-28(30)33-19-18-24(4)21-42(32)33)40-37(25(5)23(2)3)38(26(6)44-27(7)41-8)34-20-36-31(22-43(34)40)29-15-12-13-17-35(29)45-36/h9-11,14,16,18-23,25,32,37,39-41H,1,7,12-13,15,17H2,2-6,8H3/q+2/b38-26+/t25-,32?,37-,39?,40?/m0/s1. The molecule has 5 atom stereocenters. The topological polar surface area (TPSA) is 29.0 Å². The molecule has 3 unspecified atom stereocenters. The van der Waals surface area contributed by atoms with Gasteiger partial charge in [0.15, 0.2) is 30.4 Å². The van der Waals surface area contributed by atoms with E-state index in [0.29, 0.717) is 17.7 Å². The first-order valence-electron chi connectivity index (χ1n) is 16.7. The molecule has 0 fully saturated rings. The molecule has 0 amide bonds. The van der Waals surface area contributed by atoms with Crippen LogP contribution in [0.25, 0.3) is 26.9 Å². The molecule has 5 heteroatoms. The minimum Gasteiger partial charge on any atom is -0.446 e. The maximum atomic E-state index is 6.46.